The van der Waals surface area contributed by atoms with Gasteiger partial charge in [0.1, 0.15) is 28.6 Å². The number of anilines is 2. The van der Waals surface area contributed by atoms with Crippen molar-refractivity contribution in [2.75, 3.05) is 43.6 Å². The second-order valence-electron chi connectivity index (χ2n) is 7.19. The Morgan fingerprint density at radius 1 is 1.18 bits per heavy atom. The molecule has 1 saturated heterocycles. The lowest BCUT2D eigenvalue weighted by Gasteiger charge is -2.28. The van der Waals surface area contributed by atoms with E-state index in [4.69, 9.17) is 16.3 Å². The molecule has 1 aliphatic rings. The Morgan fingerprint density at radius 3 is 2.67 bits per heavy atom. The zero-order valence-electron chi connectivity index (χ0n) is 18.0. The summed E-state index contributed by atoms with van der Waals surface area (Å²) in [6.07, 6.45) is 0. The van der Waals surface area contributed by atoms with Crippen LogP contribution < -0.4 is 15.7 Å². The van der Waals surface area contributed by atoms with E-state index in [1.807, 2.05) is 12.1 Å². The van der Waals surface area contributed by atoms with Gasteiger partial charge in [0.15, 0.2) is 0 Å². The average molecular weight is 469 g/mol. The van der Waals surface area contributed by atoms with Crippen LogP contribution in [0.15, 0.2) is 60.1 Å². The van der Waals surface area contributed by atoms with E-state index < -0.39 is 11.7 Å². The molecule has 0 atom stereocenters. The molecule has 0 saturated carbocycles. The van der Waals surface area contributed by atoms with Gasteiger partial charge in [0.2, 0.25) is 0 Å². The molecule has 33 heavy (non-hydrogen) atoms. The predicted molar refractivity (Wildman–Crippen MR) is 125 cm³/mol. The van der Waals surface area contributed by atoms with Crippen molar-refractivity contribution in [2.45, 2.75) is 0 Å². The number of hydrogen-bond donors (Lipinski definition) is 1. The maximum atomic E-state index is 14.4. The number of carbonyl (C=O) groups is 1. The molecule has 2 aromatic heterocycles. The molecule has 4 rings (SSSR count). The number of ether oxygens (including phenoxy) is 1. The highest BCUT2D eigenvalue weighted by molar-refractivity contribution is 6.33. The van der Waals surface area contributed by atoms with Gasteiger partial charge in [-0.05, 0) is 36.4 Å². The van der Waals surface area contributed by atoms with E-state index in [0.29, 0.717) is 24.5 Å². The molecule has 1 amide bonds. The van der Waals surface area contributed by atoms with E-state index >= 15 is 0 Å². The van der Waals surface area contributed by atoms with E-state index in [2.05, 4.69) is 31.9 Å². The number of rotatable bonds is 5. The van der Waals surface area contributed by atoms with Crippen LogP contribution in [0, 0.1) is 5.82 Å². The number of benzene rings is 1. The lowest BCUT2D eigenvalue weighted by atomic mass is 10.1. The van der Waals surface area contributed by atoms with Gasteiger partial charge < -0.3 is 15.0 Å². The topological polar surface area (TPSA) is 84.6 Å². The summed E-state index contributed by atoms with van der Waals surface area (Å²) in [5.41, 5.74) is 0.723. The second kappa shape index (κ2) is 9.93. The van der Waals surface area contributed by atoms with E-state index in [1.165, 1.54) is 16.8 Å². The Kier molecular flexibility index (Phi) is 6.81. The molecule has 1 fully saturated rings. The molecule has 3 aromatic rings. The standard InChI is InChI=1S/C23H22ClFN6O2/c1-15(23(32)28-19-7-4-8-21(27-19)30-11-13-33-14-12-30)31-20(26-2)10-9-18(29-31)22-16(24)5-3-6-17(22)25/h3-10H,1,11-14H2,2H3,(H,27,28,32). The van der Waals surface area contributed by atoms with Crippen LogP contribution in [0.4, 0.5) is 16.0 Å². The number of morpholine rings is 1. The number of hydrogen-bond acceptors (Lipinski definition) is 6. The van der Waals surface area contributed by atoms with Crippen molar-refractivity contribution in [1.29, 1.82) is 0 Å². The van der Waals surface area contributed by atoms with Crippen LogP contribution in [-0.4, -0.2) is 54.0 Å². The minimum absolute atomic E-state index is 0.0107. The molecule has 1 aliphatic heterocycles. The number of amides is 1. The highest BCUT2D eigenvalue weighted by Gasteiger charge is 2.17. The summed E-state index contributed by atoms with van der Waals surface area (Å²) < 4.78 is 21.0. The van der Waals surface area contributed by atoms with Crippen molar-refractivity contribution in [3.63, 3.8) is 0 Å². The number of carbonyl (C=O) groups excluding carboxylic acids is 1. The normalized spacial score (nSPS) is 14.3. The van der Waals surface area contributed by atoms with Gasteiger partial charge in [0, 0.05) is 20.1 Å². The van der Waals surface area contributed by atoms with Crippen molar-refractivity contribution in [1.82, 2.24) is 14.8 Å². The van der Waals surface area contributed by atoms with Gasteiger partial charge in [-0.15, -0.1) is 0 Å². The summed E-state index contributed by atoms with van der Waals surface area (Å²) in [5, 5.41) is 7.33. The van der Waals surface area contributed by atoms with E-state index in [1.54, 1.807) is 31.3 Å². The third-order valence-corrected chi connectivity index (χ3v) is 5.41. The van der Waals surface area contributed by atoms with Crippen LogP contribution in [0.25, 0.3) is 17.0 Å². The van der Waals surface area contributed by atoms with Gasteiger partial charge in [-0.1, -0.05) is 30.3 Å². The van der Waals surface area contributed by atoms with Gasteiger partial charge in [-0.2, -0.15) is 5.10 Å². The molecule has 0 aliphatic carbocycles. The lowest BCUT2D eigenvalue weighted by Crippen LogP contribution is -2.36. The Labute approximate surface area is 195 Å². The van der Waals surface area contributed by atoms with Gasteiger partial charge in [0.05, 0.1) is 29.5 Å². The fourth-order valence-electron chi connectivity index (χ4n) is 3.41. The lowest BCUT2D eigenvalue weighted by molar-refractivity contribution is -0.111. The zero-order valence-corrected chi connectivity index (χ0v) is 18.7. The summed E-state index contributed by atoms with van der Waals surface area (Å²) in [4.78, 5) is 23.7. The smallest absolute Gasteiger partial charge is 0.274 e. The third-order valence-electron chi connectivity index (χ3n) is 5.09. The second-order valence-corrected chi connectivity index (χ2v) is 7.60. The molecular weight excluding hydrogens is 447 g/mol. The molecule has 170 valence electrons. The Bertz CT molecular complexity index is 1250. The molecule has 0 radical (unpaired) electrons. The summed E-state index contributed by atoms with van der Waals surface area (Å²) in [5.74, 6) is 0.0599. The van der Waals surface area contributed by atoms with Crippen LogP contribution in [0.2, 0.25) is 5.02 Å². The fourth-order valence-corrected chi connectivity index (χ4v) is 3.67. The van der Waals surface area contributed by atoms with Crippen molar-refractivity contribution < 1.29 is 13.9 Å². The monoisotopic (exact) mass is 468 g/mol. The van der Waals surface area contributed by atoms with Crippen LogP contribution in [0.3, 0.4) is 0 Å². The van der Waals surface area contributed by atoms with Crippen LogP contribution in [0.1, 0.15) is 0 Å². The van der Waals surface area contributed by atoms with Crippen LogP contribution in [0.5, 0.6) is 0 Å². The maximum Gasteiger partial charge on any atom is 0.274 e. The molecule has 0 spiro atoms. The first-order chi connectivity index (χ1) is 16.0. The highest BCUT2D eigenvalue weighted by Crippen LogP contribution is 2.28. The average Bonchev–Trinajstić information content (AvgIpc) is 2.84. The first-order valence-corrected chi connectivity index (χ1v) is 10.6. The summed E-state index contributed by atoms with van der Waals surface area (Å²) >= 11 is 6.18. The van der Waals surface area contributed by atoms with Crippen LogP contribution >= 0.6 is 11.6 Å². The largest absolute Gasteiger partial charge is 0.378 e. The van der Waals surface area contributed by atoms with Gasteiger partial charge in [0.25, 0.3) is 5.91 Å². The van der Waals surface area contributed by atoms with Crippen molar-refractivity contribution in [3.8, 4) is 11.3 Å². The van der Waals surface area contributed by atoms with E-state index in [-0.39, 0.29) is 22.0 Å². The number of nitrogens with zero attached hydrogens (tertiary/aromatic N) is 5. The SMILES string of the molecule is C=C(C(=O)Nc1cccc(N2CCOCC2)n1)n1nc(-c2c(F)cccc2Cl)ccc1=NC. The van der Waals surface area contributed by atoms with Crippen molar-refractivity contribution >= 4 is 34.8 Å². The van der Waals surface area contributed by atoms with Crippen molar-refractivity contribution in [2.24, 2.45) is 4.99 Å². The first kappa shape index (κ1) is 22.6. The van der Waals surface area contributed by atoms with Crippen molar-refractivity contribution in [3.05, 3.63) is 71.4 Å². The Morgan fingerprint density at radius 2 is 1.94 bits per heavy atom. The zero-order chi connectivity index (χ0) is 23.4. The minimum atomic E-state index is -0.527. The van der Waals surface area contributed by atoms with Gasteiger partial charge in [-0.3, -0.25) is 9.79 Å². The molecule has 0 bridgehead atoms. The van der Waals surface area contributed by atoms with E-state index in [9.17, 15) is 9.18 Å². The molecule has 1 aromatic carbocycles. The number of halogens is 2. The number of pyridine rings is 1. The van der Waals surface area contributed by atoms with E-state index in [0.717, 1.165) is 18.9 Å². The molecule has 3 heterocycles. The summed E-state index contributed by atoms with van der Waals surface area (Å²) in [7, 11) is 1.56. The highest BCUT2D eigenvalue weighted by atomic mass is 35.5. The molecule has 10 heteroatoms. The third kappa shape index (κ3) is 4.94. The predicted octanol–water partition coefficient (Wildman–Crippen LogP) is 3.21. The van der Waals surface area contributed by atoms with Gasteiger partial charge >= 0.3 is 0 Å². The van der Waals surface area contributed by atoms with Gasteiger partial charge in [-0.25, -0.2) is 14.1 Å². The number of nitrogens with one attached hydrogen (secondary N) is 1. The fraction of sp³-hybridized carbons (Fsp3) is 0.217. The quantitative estimate of drug-likeness (QED) is 0.581. The maximum absolute atomic E-state index is 14.4. The minimum Gasteiger partial charge on any atom is -0.378 e. The van der Waals surface area contributed by atoms with Crippen LogP contribution in [-0.2, 0) is 9.53 Å². The molecular formula is C23H22ClFN6O2. The molecule has 0 unspecified atom stereocenters. The molecule has 8 nitrogen and oxygen atoms in total. The first-order valence-electron chi connectivity index (χ1n) is 10.3. The summed E-state index contributed by atoms with van der Waals surface area (Å²) in [6, 6.07) is 12.9. The molecule has 1 N–H and O–H groups in total. The Balaban J connectivity index is 1.61. The number of aromatic nitrogens is 3. The Hall–Kier alpha value is -3.56. The summed E-state index contributed by atoms with van der Waals surface area (Å²) in [6.45, 7) is 6.58.